The van der Waals surface area contributed by atoms with Crippen molar-refractivity contribution in [3.05, 3.63) is 24.0 Å². The zero-order valence-corrected chi connectivity index (χ0v) is 7.62. The molecule has 0 bridgehead atoms. The minimum atomic E-state index is -0.273. The van der Waals surface area contributed by atoms with Crippen molar-refractivity contribution < 1.29 is 5.11 Å². The summed E-state index contributed by atoms with van der Waals surface area (Å²) in [5.41, 5.74) is 1.23. The van der Waals surface area contributed by atoms with Crippen LogP contribution < -0.4 is 5.32 Å². The van der Waals surface area contributed by atoms with E-state index in [-0.39, 0.29) is 6.10 Å². The van der Waals surface area contributed by atoms with E-state index in [1.54, 1.807) is 6.92 Å². The van der Waals surface area contributed by atoms with Crippen LogP contribution in [0.2, 0.25) is 0 Å². The van der Waals surface area contributed by atoms with E-state index < -0.39 is 0 Å². The highest BCUT2D eigenvalue weighted by Gasteiger charge is 1.97. The van der Waals surface area contributed by atoms with Crippen LogP contribution in [-0.4, -0.2) is 22.3 Å². The Hall–Kier alpha value is -0.800. The monoisotopic (exact) mass is 168 g/mol. The standard InChI is InChI=1S/C9H16N2O/c1-8(12)6-10-7-9-4-3-5-11(9)2/h3-5,8,10,12H,6-7H2,1-2H3. The highest BCUT2D eigenvalue weighted by molar-refractivity contribution is 5.05. The van der Waals surface area contributed by atoms with Crippen molar-refractivity contribution in [1.82, 2.24) is 9.88 Å². The maximum atomic E-state index is 8.98. The highest BCUT2D eigenvalue weighted by atomic mass is 16.3. The van der Waals surface area contributed by atoms with Crippen molar-refractivity contribution in [2.24, 2.45) is 7.05 Å². The Morgan fingerprint density at radius 3 is 2.92 bits per heavy atom. The molecular formula is C9H16N2O. The average molecular weight is 168 g/mol. The smallest absolute Gasteiger partial charge is 0.0636 e. The third-order valence-corrected chi connectivity index (χ3v) is 1.80. The fourth-order valence-electron chi connectivity index (χ4n) is 1.09. The Bertz CT molecular complexity index is 230. The third kappa shape index (κ3) is 2.68. The van der Waals surface area contributed by atoms with Gasteiger partial charge in [0, 0.05) is 32.0 Å². The molecule has 0 aliphatic heterocycles. The van der Waals surface area contributed by atoms with Gasteiger partial charge >= 0.3 is 0 Å². The van der Waals surface area contributed by atoms with Crippen LogP contribution in [0.4, 0.5) is 0 Å². The van der Waals surface area contributed by atoms with Crippen LogP contribution in [0.15, 0.2) is 18.3 Å². The van der Waals surface area contributed by atoms with Crippen LogP contribution >= 0.6 is 0 Å². The minimum Gasteiger partial charge on any atom is -0.392 e. The molecule has 1 atom stereocenters. The third-order valence-electron chi connectivity index (χ3n) is 1.80. The Balaban J connectivity index is 2.29. The molecule has 0 fully saturated rings. The number of aromatic nitrogens is 1. The van der Waals surface area contributed by atoms with E-state index in [1.807, 2.05) is 19.3 Å². The summed E-state index contributed by atoms with van der Waals surface area (Å²) in [5.74, 6) is 0. The van der Waals surface area contributed by atoms with Gasteiger partial charge in [-0.15, -0.1) is 0 Å². The van der Waals surface area contributed by atoms with E-state index in [1.165, 1.54) is 5.69 Å². The first-order chi connectivity index (χ1) is 5.70. The van der Waals surface area contributed by atoms with Gasteiger partial charge in [-0.1, -0.05) is 0 Å². The Morgan fingerprint density at radius 1 is 1.67 bits per heavy atom. The summed E-state index contributed by atoms with van der Waals surface area (Å²) < 4.78 is 2.06. The second-order valence-corrected chi connectivity index (χ2v) is 3.09. The van der Waals surface area contributed by atoms with Gasteiger partial charge in [-0.2, -0.15) is 0 Å². The molecule has 68 valence electrons. The number of aryl methyl sites for hydroxylation is 1. The molecule has 1 heterocycles. The number of rotatable bonds is 4. The van der Waals surface area contributed by atoms with E-state index in [4.69, 9.17) is 5.11 Å². The fraction of sp³-hybridized carbons (Fsp3) is 0.556. The molecule has 0 saturated heterocycles. The predicted octanol–water partition coefficient (Wildman–Crippen LogP) is 0.495. The number of nitrogens with one attached hydrogen (secondary N) is 1. The molecular weight excluding hydrogens is 152 g/mol. The maximum Gasteiger partial charge on any atom is 0.0636 e. The summed E-state index contributed by atoms with van der Waals surface area (Å²) in [5, 5.41) is 12.1. The van der Waals surface area contributed by atoms with E-state index in [0.717, 1.165) is 6.54 Å². The minimum absolute atomic E-state index is 0.273. The van der Waals surface area contributed by atoms with E-state index in [9.17, 15) is 0 Å². The van der Waals surface area contributed by atoms with Crippen molar-refractivity contribution in [2.75, 3.05) is 6.54 Å². The van der Waals surface area contributed by atoms with Crippen LogP contribution in [-0.2, 0) is 13.6 Å². The Kier molecular flexibility index (Phi) is 3.31. The molecule has 0 saturated carbocycles. The lowest BCUT2D eigenvalue weighted by molar-refractivity contribution is 0.190. The van der Waals surface area contributed by atoms with Crippen LogP contribution in [0.5, 0.6) is 0 Å². The zero-order valence-electron chi connectivity index (χ0n) is 7.62. The van der Waals surface area contributed by atoms with E-state index in [0.29, 0.717) is 6.54 Å². The lowest BCUT2D eigenvalue weighted by Gasteiger charge is -2.07. The van der Waals surface area contributed by atoms with Crippen molar-refractivity contribution >= 4 is 0 Å². The predicted molar refractivity (Wildman–Crippen MR) is 48.8 cm³/mol. The quantitative estimate of drug-likeness (QED) is 0.686. The molecule has 3 nitrogen and oxygen atoms in total. The Labute approximate surface area is 73.0 Å². The second kappa shape index (κ2) is 4.28. The van der Waals surface area contributed by atoms with Gasteiger partial charge in [0.05, 0.1) is 6.10 Å². The molecule has 0 aliphatic carbocycles. The molecule has 2 N–H and O–H groups in total. The van der Waals surface area contributed by atoms with Gasteiger partial charge in [-0.3, -0.25) is 0 Å². The van der Waals surface area contributed by atoms with E-state index in [2.05, 4.69) is 16.0 Å². The van der Waals surface area contributed by atoms with Gasteiger partial charge in [0.15, 0.2) is 0 Å². The first kappa shape index (κ1) is 9.29. The fourth-order valence-corrected chi connectivity index (χ4v) is 1.09. The normalized spacial score (nSPS) is 13.2. The molecule has 12 heavy (non-hydrogen) atoms. The van der Waals surface area contributed by atoms with Crippen molar-refractivity contribution in [1.29, 1.82) is 0 Å². The first-order valence-corrected chi connectivity index (χ1v) is 4.19. The molecule has 1 aromatic rings. The molecule has 3 heteroatoms. The van der Waals surface area contributed by atoms with Gasteiger partial charge in [0.25, 0.3) is 0 Å². The maximum absolute atomic E-state index is 8.98. The molecule has 0 radical (unpaired) electrons. The topological polar surface area (TPSA) is 37.2 Å². The number of aliphatic hydroxyl groups excluding tert-OH is 1. The van der Waals surface area contributed by atoms with Crippen LogP contribution in [0.1, 0.15) is 12.6 Å². The first-order valence-electron chi connectivity index (χ1n) is 4.19. The van der Waals surface area contributed by atoms with Gasteiger partial charge < -0.3 is 15.0 Å². The van der Waals surface area contributed by atoms with E-state index >= 15 is 0 Å². The van der Waals surface area contributed by atoms with Crippen molar-refractivity contribution in [3.8, 4) is 0 Å². The van der Waals surface area contributed by atoms with Crippen LogP contribution in [0.25, 0.3) is 0 Å². The molecule has 1 aromatic heterocycles. The van der Waals surface area contributed by atoms with Crippen molar-refractivity contribution in [2.45, 2.75) is 19.6 Å². The summed E-state index contributed by atoms with van der Waals surface area (Å²) >= 11 is 0. The summed E-state index contributed by atoms with van der Waals surface area (Å²) in [6, 6.07) is 4.08. The van der Waals surface area contributed by atoms with Crippen LogP contribution in [0, 0.1) is 0 Å². The molecule has 0 spiro atoms. The summed E-state index contributed by atoms with van der Waals surface area (Å²) in [4.78, 5) is 0. The van der Waals surface area contributed by atoms with Gasteiger partial charge in [-0.05, 0) is 19.1 Å². The highest BCUT2D eigenvalue weighted by Crippen LogP contribution is 1.97. The summed E-state index contributed by atoms with van der Waals surface area (Å²) in [6.45, 7) is 3.23. The zero-order chi connectivity index (χ0) is 8.97. The number of nitrogens with zero attached hydrogens (tertiary/aromatic N) is 1. The molecule has 1 unspecified atom stereocenters. The number of hydrogen-bond acceptors (Lipinski definition) is 2. The second-order valence-electron chi connectivity index (χ2n) is 3.09. The number of aliphatic hydroxyl groups is 1. The van der Waals surface area contributed by atoms with Gasteiger partial charge in [-0.25, -0.2) is 0 Å². The van der Waals surface area contributed by atoms with Gasteiger partial charge in [0.2, 0.25) is 0 Å². The summed E-state index contributed by atoms with van der Waals surface area (Å²) in [7, 11) is 2.01. The lowest BCUT2D eigenvalue weighted by atomic mass is 10.4. The lowest BCUT2D eigenvalue weighted by Crippen LogP contribution is -2.24. The van der Waals surface area contributed by atoms with Crippen LogP contribution in [0.3, 0.4) is 0 Å². The largest absolute Gasteiger partial charge is 0.392 e. The molecule has 0 amide bonds. The molecule has 0 aromatic carbocycles. The number of hydrogen-bond donors (Lipinski definition) is 2. The Morgan fingerprint density at radius 2 is 2.42 bits per heavy atom. The molecule has 0 aliphatic rings. The molecule has 1 rings (SSSR count). The van der Waals surface area contributed by atoms with Gasteiger partial charge in [0.1, 0.15) is 0 Å². The average Bonchev–Trinajstić information content (AvgIpc) is 2.36. The summed E-state index contributed by atoms with van der Waals surface area (Å²) in [6.07, 6.45) is 1.74. The van der Waals surface area contributed by atoms with Crippen molar-refractivity contribution in [3.63, 3.8) is 0 Å². The SMILES string of the molecule is CC(O)CNCc1cccn1C.